The van der Waals surface area contributed by atoms with Gasteiger partial charge in [0.1, 0.15) is 23.7 Å². The minimum absolute atomic E-state index is 0.110. The van der Waals surface area contributed by atoms with Crippen molar-refractivity contribution in [2.75, 3.05) is 26.2 Å². The summed E-state index contributed by atoms with van der Waals surface area (Å²) in [6.07, 6.45) is 9.15. The second kappa shape index (κ2) is 8.99. The summed E-state index contributed by atoms with van der Waals surface area (Å²) in [4.78, 5) is 0. The number of hydrogen-bond acceptors (Lipinski definition) is 4. The lowest BCUT2D eigenvalue weighted by Gasteiger charge is -2.39. The van der Waals surface area contributed by atoms with Crippen LogP contribution < -0.4 is 20.1 Å². The van der Waals surface area contributed by atoms with Crippen molar-refractivity contribution in [3.8, 4) is 11.5 Å². The molecule has 0 spiro atoms. The number of nitrogens with one attached hydrogen (secondary N) is 2. The van der Waals surface area contributed by atoms with Crippen LogP contribution in [0.15, 0.2) is 48.5 Å². The van der Waals surface area contributed by atoms with Crippen molar-refractivity contribution in [3.05, 3.63) is 59.7 Å². The van der Waals surface area contributed by atoms with E-state index in [1.807, 2.05) is 0 Å². The maximum atomic E-state index is 6.15. The van der Waals surface area contributed by atoms with Gasteiger partial charge in [0, 0.05) is 18.5 Å². The largest absolute Gasteiger partial charge is 0.489 e. The molecule has 3 aliphatic rings. The first-order valence-corrected chi connectivity index (χ1v) is 11.8. The molecule has 2 heterocycles. The third-order valence-electron chi connectivity index (χ3n) is 7.16. The molecule has 2 aromatic carbocycles. The Balaban J connectivity index is 1.36. The summed E-state index contributed by atoms with van der Waals surface area (Å²) in [6, 6.07) is 17.9. The highest BCUT2D eigenvalue weighted by Crippen LogP contribution is 2.45. The van der Waals surface area contributed by atoms with Gasteiger partial charge in [-0.1, -0.05) is 43.5 Å². The summed E-state index contributed by atoms with van der Waals surface area (Å²) in [6.45, 7) is 4.03. The molecule has 160 valence electrons. The predicted octanol–water partition coefficient (Wildman–Crippen LogP) is 4.42. The second-order valence-corrected chi connectivity index (χ2v) is 9.16. The maximum absolute atomic E-state index is 6.15. The summed E-state index contributed by atoms with van der Waals surface area (Å²) in [7, 11) is 0. The van der Waals surface area contributed by atoms with Gasteiger partial charge in [-0.3, -0.25) is 0 Å². The van der Waals surface area contributed by atoms with Crippen molar-refractivity contribution in [2.45, 2.75) is 62.6 Å². The Kier molecular flexibility index (Phi) is 5.96. The van der Waals surface area contributed by atoms with Gasteiger partial charge in [0.05, 0.1) is 0 Å². The van der Waals surface area contributed by atoms with E-state index in [0.29, 0.717) is 12.2 Å². The van der Waals surface area contributed by atoms with Gasteiger partial charge < -0.3 is 20.1 Å². The Morgan fingerprint density at radius 3 is 1.50 bits per heavy atom. The average molecular weight is 407 g/mol. The third kappa shape index (κ3) is 4.21. The van der Waals surface area contributed by atoms with Gasteiger partial charge in [-0.2, -0.15) is 0 Å². The Labute approximate surface area is 180 Å². The molecule has 2 unspecified atom stereocenters. The lowest BCUT2D eigenvalue weighted by Crippen LogP contribution is -2.30. The highest BCUT2D eigenvalue weighted by atomic mass is 16.5. The lowest BCUT2D eigenvalue weighted by atomic mass is 9.65. The van der Waals surface area contributed by atoms with Crippen molar-refractivity contribution in [3.63, 3.8) is 0 Å². The van der Waals surface area contributed by atoms with E-state index in [4.69, 9.17) is 9.47 Å². The standard InChI is InChI=1S/C26H34N2O2/c1-2-14-26(15-3-1,20-4-8-22(9-5-20)29-24-12-16-27-18-24)21-6-10-23(11-7-21)30-25-13-17-28-19-25/h4-11,24-25,27-28H,1-3,12-19H2. The highest BCUT2D eigenvalue weighted by Gasteiger charge is 2.35. The van der Waals surface area contributed by atoms with E-state index < -0.39 is 0 Å². The molecule has 1 saturated carbocycles. The fourth-order valence-electron chi connectivity index (χ4n) is 5.45. The molecule has 2 atom stereocenters. The molecule has 0 radical (unpaired) electrons. The van der Waals surface area contributed by atoms with Crippen molar-refractivity contribution >= 4 is 0 Å². The molecule has 2 aliphatic heterocycles. The van der Waals surface area contributed by atoms with E-state index in [1.165, 1.54) is 43.2 Å². The van der Waals surface area contributed by atoms with Crippen LogP contribution in [0.2, 0.25) is 0 Å². The van der Waals surface area contributed by atoms with E-state index in [0.717, 1.165) is 50.5 Å². The van der Waals surface area contributed by atoms with Crippen molar-refractivity contribution in [2.24, 2.45) is 0 Å². The van der Waals surface area contributed by atoms with Gasteiger partial charge in [-0.15, -0.1) is 0 Å². The minimum Gasteiger partial charge on any atom is -0.489 e. The third-order valence-corrected chi connectivity index (χ3v) is 7.16. The van der Waals surface area contributed by atoms with Gasteiger partial charge in [0.25, 0.3) is 0 Å². The Morgan fingerprint density at radius 2 is 1.10 bits per heavy atom. The number of rotatable bonds is 6. The zero-order valence-electron chi connectivity index (χ0n) is 17.9. The monoisotopic (exact) mass is 406 g/mol. The lowest BCUT2D eigenvalue weighted by molar-refractivity contribution is 0.223. The van der Waals surface area contributed by atoms with Crippen LogP contribution in [0.1, 0.15) is 56.1 Å². The normalized spacial score (nSPS) is 25.9. The van der Waals surface area contributed by atoms with Crippen LogP contribution in [0.25, 0.3) is 0 Å². The van der Waals surface area contributed by atoms with Gasteiger partial charge in [-0.05, 0) is 74.2 Å². The van der Waals surface area contributed by atoms with E-state index in [2.05, 4.69) is 59.2 Å². The maximum Gasteiger partial charge on any atom is 0.119 e. The van der Waals surface area contributed by atoms with Crippen molar-refractivity contribution in [1.29, 1.82) is 0 Å². The molecular formula is C26H34N2O2. The van der Waals surface area contributed by atoms with Gasteiger partial charge in [0.15, 0.2) is 0 Å². The van der Waals surface area contributed by atoms with Crippen LogP contribution in [0, 0.1) is 0 Å². The summed E-state index contributed by atoms with van der Waals surface area (Å²) in [5.41, 5.74) is 2.96. The van der Waals surface area contributed by atoms with Gasteiger partial charge >= 0.3 is 0 Å². The number of ether oxygens (including phenoxy) is 2. The van der Waals surface area contributed by atoms with Crippen molar-refractivity contribution < 1.29 is 9.47 Å². The van der Waals surface area contributed by atoms with Crippen LogP contribution in [0.3, 0.4) is 0 Å². The molecule has 4 nitrogen and oxygen atoms in total. The van der Waals surface area contributed by atoms with Gasteiger partial charge in [-0.25, -0.2) is 0 Å². The molecule has 2 N–H and O–H groups in total. The Hall–Kier alpha value is -2.04. The summed E-state index contributed by atoms with van der Waals surface area (Å²) < 4.78 is 12.3. The fraction of sp³-hybridized carbons (Fsp3) is 0.538. The van der Waals surface area contributed by atoms with E-state index in [-0.39, 0.29) is 5.41 Å². The summed E-state index contributed by atoms with van der Waals surface area (Å²) in [5.74, 6) is 1.99. The summed E-state index contributed by atoms with van der Waals surface area (Å²) >= 11 is 0. The molecule has 0 amide bonds. The zero-order chi connectivity index (χ0) is 20.2. The molecule has 5 rings (SSSR count). The summed E-state index contributed by atoms with van der Waals surface area (Å²) in [5, 5.41) is 6.74. The van der Waals surface area contributed by atoms with Gasteiger partial charge in [0.2, 0.25) is 0 Å². The smallest absolute Gasteiger partial charge is 0.119 e. The Bertz CT molecular complexity index is 736. The predicted molar refractivity (Wildman–Crippen MR) is 121 cm³/mol. The Morgan fingerprint density at radius 1 is 0.633 bits per heavy atom. The fourth-order valence-corrected chi connectivity index (χ4v) is 5.45. The molecule has 2 aromatic rings. The minimum atomic E-state index is 0.110. The van der Waals surface area contributed by atoms with E-state index in [1.54, 1.807) is 0 Å². The molecule has 30 heavy (non-hydrogen) atoms. The first-order chi connectivity index (χ1) is 14.8. The first-order valence-electron chi connectivity index (χ1n) is 11.8. The zero-order valence-corrected chi connectivity index (χ0v) is 17.9. The van der Waals surface area contributed by atoms with Crippen LogP contribution >= 0.6 is 0 Å². The van der Waals surface area contributed by atoms with Crippen LogP contribution in [0.4, 0.5) is 0 Å². The number of benzene rings is 2. The van der Waals surface area contributed by atoms with E-state index in [9.17, 15) is 0 Å². The number of hydrogen-bond donors (Lipinski definition) is 2. The molecule has 0 aromatic heterocycles. The van der Waals surface area contributed by atoms with Crippen LogP contribution in [0.5, 0.6) is 11.5 Å². The van der Waals surface area contributed by atoms with Crippen LogP contribution in [-0.4, -0.2) is 38.4 Å². The molecular weight excluding hydrogens is 372 g/mol. The molecule has 1 aliphatic carbocycles. The molecule has 0 bridgehead atoms. The molecule has 3 fully saturated rings. The second-order valence-electron chi connectivity index (χ2n) is 9.16. The van der Waals surface area contributed by atoms with E-state index >= 15 is 0 Å². The SMILES string of the molecule is c1cc(C2(c3ccc(OC4CCNC4)cc3)CCCCC2)ccc1OC1CCNC1. The first kappa shape index (κ1) is 19.9. The topological polar surface area (TPSA) is 42.5 Å². The van der Waals surface area contributed by atoms with Crippen molar-refractivity contribution in [1.82, 2.24) is 10.6 Å². The van der Waals surface area contributed by atoms with Crippen LogP contribution in [-0.2, 0) is 5.41 Å². The quantitative estimate of drug-likeness (QED) is 0.745. The molecule has 4 heteroatoms. The molecule has 2 saturated heterocycles. The average Bonchev–Trinajstić information content (AvgIpc) is 3.50. The highest BCUT2D eigenvalue weighted by molar-refractivity contribution is 5.44.